The minimum atomic E-state index is -4.00. The first-order valence-electron chi connectivity index (χ1n) is 10.3. The van der Waals surface area contributed by atoms with Gasteiger partial charge in [-0.05, 0) is 61.0 Å². The van der Waals surface area contributed by atoms with Crippen molar-refractivity contribution >= 4 is 44.7 Å². The van der Waals surface area contributed by atoms with Gasteiger partial charge in [-0.2, -0.15) is 8.42 Å². The molecular weight excluding hydrogens is 462 g/mol. The number of methoxy groups -OCH3 is 1. The van der Waals surface area contributed by atoms with E-state index in [-0.39, 0.29) is 4.90 Å². The van der Waals surface area contributed by atoms with Crippen LogP contribution in [0.15, 0.2) is 76.0 Å². The van der Waals surface area contributed by atoms with Gasteiger partial charge in [0, 0.05) is 17.8 Å². The molecule has 0 radical (unpaired) electrons. The molecule has 170 valence electrons. The van der Waals surface area contributed by atoms with E-state index in [4.69, 9.17) is 16.3 Å². The van der Waals surface area contributed by atoms with Gasteiger partial charge >= 0.3 is 0 Å². The molecule has 7 nitrogen and oxygen atoms in total. The van der Waals surface area contributed by atoms with Gasteiger partial charge in [-0.15, -0.1) is 4.40 Å². The van der Waals surface area contributed by atoms with Crippen LogP contribution in [0.1, 0.15) is 29.3 Å². The molecule has 4 rings (SSSR count). The van der Waals surface area contributed by atoms with Gasteiger partial charge in [0.2, 0.25) is 0 Å². The number of benzene rings is 3. The van der Waals surface area contributed by atoms with Gasteiger partial charge in [0.15, 0.2) is 5.84 Å². The summed E-state index contributed by atoms with van der Waals surface area (Å²) in [6.07, 6.45) is 0.777. The molecule has 0 atom stereocenters. The normalized spacial score (nSPS) is 14.3. The number of carbonyl (C=O) groups is 1. The van der Waals surface area contributed by atoms with Crippen molar-refractivity contribution < 1.29 is 17.9 Å². The van der Waals surface area contributed by atoms with E-state index in [1.165, 1.54) is 6.07 Å². The van der Waals surface area contributed by atoms with Crippen molar-refractivity contribution in [1.82, 2.24) is 0 Å². The summed E-state index contributed by atoms with van der Waals surface area (Å²) in [5.41, 5.74) is 1.80. The highest BCUT2D eigenvalue weighted by molar-refractivity contribution is 7.90. The number of nitrogens with zero attached hydrogens (tertiary/aromatic N) is 2. The molecule has 0 bridgehead atoms. The molecule has 0 aromatic heterocycles. The Hall–Kier alpha value is -3.36. The zero-order chi connectivity index (χ0) is 23.6. The first-order valence-corrected chi connectivity index (χ1v) is 12.1. The lowest BCUT2D eigenvalue weighted by molar-refractivity contribution is 0.102. The molecule has 0 saturated heterocycles. The van der Waals surface area contributed by atoms with Gasteiger partial charge in [0.1, 0.15) is 10.6 Å². The number of halogens is 1. The van der Waals surface area contributed by atoms with E-state index < -0.39 is 15.9 Å². The standard InChI is InChI=1S/C24H22ClN3O4S/c1-3-14-28-21-13-10-17(26-24(29)19-6-4-5-7-20(19)25)15-22(21)33(30,31)27-23(28)16-8-11-18(32-2)12-9-16/h4-13,15H,3,14H2,1-2H3,(H,26,29). The Balaban J connectivity index is 1.72. The minimum Gasteiger partial charge on any atom is -0.497 e. The fourth-order valence-electron chi connectivity index (χ4n) is 3.59. The van der Waals surface area contributed by atoms with Crippen LogP contribution in [0.4, 0.5) is 11.4 Å². The highest BCUT2D eigenvalue weighted by Gasteiger charge is 2.31. The lowest BCUT2D eigenvalue weighted by atomic mass is 10.1. The topological polar surface area (TPSA) is 88.1 Å². The Labute approximate surface area is 197 Å². The lowest BCUT2D eigenvalue weighted by Gasteiger charge is -2.31. The van der Waals surface area contributed by atoms with E-state index in [9.17, 15) is 13.2 Å². The zero-order valence-electron chi connectivity index (χ0n) is 18.1. The average molecular weight is 484 g/mol. The second-order valence-corrected chi connectivity index (χ2v) is 9.37. The van der Waals surface area contributed by atoms with E-state index in [0.29, 0.717) is 45.7 Å². The predicted molar refractivity (Wildman–Crippen MR) is 130 cm³/mol. The number of sulfonamides is 1. The van der Waals surface area contributed by atoms with Gasteiger partial charge in [-0.25, -0.2) is 0 Å². The maximum atomic E-state index is 13.1. The third kappa shape index (κ3) is 4.58. The molecule has 3 aromatic rings. The van der Waals surface area contributed by atoms with Gasteiger partial charge < -0.3 is 15.0 Å². The van der Waals surface area contributed by atoms with Gasteiger partial charge in [-0.3, -0.25) is 4.79 Å². The Bertz CT molecular complexity index is 1340. The molecule has 1 aliphatic rings. The van der Waals surface area contributed by atoms with Gasteiger partial charge in [0.25, 0.3) is 15.9 Å². The zero-order valence-corrected chi connectivity index (χ0v) is 19.7. The maximum Gasteiger partial charge on any atom is 0.286 e. The van der Waals surface area contributed by atoms with Crippen LogP contribution in [0.5, 0.6) is 5.75 Å². The monoisotopic (exact) mass is 483 g/mol. The molecule has 33 heavy (non-hydrogen) atoms. The van der Waals surface area contributed by atoms with E-state index in [2.05, 4.69) is 9.71 Å². The van der Waals surface area contributed by atoms with Crippen LogP contribution < -0.4 is 15.0 Å². The van der Waals surface area contributed by atoms with E-state index in [0.717, 1.165) is 6.42 Å². The summed E-state index contributed by atoms with van der Waals surface area (Å²) in [6, 6.07) is 18.5. The summed E-state index contributed by atoms with van der Waals surface area (Å²) in [7, 11) is -2.43. The number of nitrogens with one attached hydrogen (secondary N) is 1. The molecule has 0 aliphatic carbocycles. The van der Waals surface area contributed by atoms with Crippen molar-refractivity contribution in [3.63, 3.8) is 0 Å². The Morgan fingerprint density at radius 1 is 1.09 bits per heavy atom. The van der Waals surface area contributed by atoms with Crippen LogP contribution in [0.3, 0.4) is 0 Å². The molecular formula is C24H22ClN3O4S. The number of fused-ring (bicyclic) bond motifs is 1. The predicted octanol–water partition coefficient (Wildman–Crippen LogP) is 4.97. The first-order chi connectivity index (χ1) is 15.8. The van der Waals surface area contributed by atoms with Crippen molar-refractivity contribution in [2.75, 3.05) is 23.9 Å². The summed E-state index contributed by atoms with van der Waals surface area (Å²) in [4.78, 5) is 14.5. The fourth-order valence-corrected chi connectivity index (χ4v) is 5.06. The number of hydrogen-bond donors (Lipinski definition) is 1. The van der Waals surface area contributed by atoms with Crippen LogP contribution in [-0.2, 0) is 10.0 Å². The van der Waals surface area contributed by atoms with Crippen LogP contribution in [0.2, 0.25) is 5.02 Å². The molecule has 1 N–H and O–H groups in total. The number of amides is 1. The summed E-state index contributed by atoms with van der Waals surface area (Å²) in [5.74, 6) is 0.584. The van der Waals surface area contributed by atoms with Crippen LogP contribution in [-0.4, -0.2) is 33.8 Å². The molecule has 0 spiro atoms. The van der Waals surface area contributed by atoms with Crippen LogP contribution >= 0.6 is 11.6 Å². The summed E-state index contributed by atoms with van der Waals surface area (Å²) in [6.45, 7) is 2.57. The van der Waals surface area contributed by atoms with Crippen molar-refractivity contribution in [2.45, 2.75) is 18.2 Å². The maximum absolute atomic E-state index is 13.1. The summed E-state index contributed by atoms with van der Waals surface area (Å²) < 4.78 is 35.5. The summed E-state index contributed by atoms with van der Waals surface area (Å²) in [5, 5.41) is 3.03. The molecule has 9 heteroatoms. The molecule has 1 aliphatic heterocycles. The highest BCUT2D eigenvalue weighted by Crippen LogP contribution is 2.36. The molecule has 0 unspecified atom stereocenters. The fraction of sp³-hybridized carbons (Fsp3) is 0.167. The number of ether oxygens (including phenoxy) is 1. The Kier molecular flexibility index (Phi) is 6.40. The van der Waals surface area contributed by atoms with Crippen molar-refractivity contribution in [2.24, 2.45) is 4.40 Å². The molecule has 0 saturated carbocycles. The second-order valence-electron chi connectivity index (χ2n) is 7.39. The van der Waals surface area contributed by atoms with Crippen molar-refractivity contribution in [3.05, 3.63) is 82.9 Å². The number of anilines is 2. The second kappa shape index (κ2) is 9.25. The minimum absolute atomic E-state index is 0.0326. The highest BCUT2D eigenvalue weighted by atomic mass is 35.5. The van der Waals surface area contributed by atoms with Gasteiger partial charge in [-0.1, -0.05) is 30.7 Å². The quantitative estimate of drug-likeness (QED) is 0.535. The first kappa shape index (κ1) is 22.8. The van der Waals surface area contributed by atoms with E-state index >= 15 is 0 Å². The Morgan fingerprint density at radius 3 is 2.48 bits per heavy atom. The molecule has 1 amide bonds. The average Bonchev–Trinajstić information content (AvgIpc) is 2.81. The van der Waals surface area contributed by atoms with E-state index in [1.807, 2.05) is 11.8 Å². The van der Waals surface area contributed by atoms with Gasteiger partial charge in [0.05, 0.1) is 23.4 Å². The number of rotatable bonds is 6. The van der Waals surface area contributed by atoms with Crippen molar-refractivity contribution in [1.29, 1.82) is 0 Å². The van der Waals surface area contributed by atoms with Crippen molar-refractivity contribution in [3.8, 4) is 5.75 Å². The summed E-state index contributed by atoms with van der Waals surface area (Å²) >= 11 is 6.10. The van der Waals surface area contributed by atoms with Crippen LogP contribution in [0, 0.1) is 0 Å². The molecule has 3 aromatic carbocycles. The lowest BCUT2D eigenvalue weighted by Crippen LogP contribution is -2.37. The third-order valence-electron chi connectivity index (χ3n) is 5.16. The SMILES string of the molecule is CCCN1C(c2ccc(OC)cc2)=NS(=O)(=O)c2cc(NC(=O)c3ccccc3Cl)ccc21. The van der Waals surface area contributed by atoms with E-state index in [1.54, 1.807) is 67.8 Å². The molecule has 1 heterocycles. The third-order valence-corrected chi connectivity index (χ3v) is 6.79. The largest absolute Gasteiger partial charge is 0.497 e. The number of carbonyl (C=O) groups excluding carboxylic acids is 1. The smallest absolute Gasteiger partial charge is 0.286 e. The number of amidine groups is 1. The van der Waals surface area contributed by atoms with Crippen LogP contribution in [0.25, 0.3) is 0 Å². The molecule has 0 fully saturated rings. The Morgan fingerprint density at radius 2 is 1.82 bits per heavy atom. The number of hydrogen-bond acceptors (Lipinski definition) is 5.